The molecule has 0 aliphatic rings. The minimum Gasteiger partial charge on any atom is -0.497 e. The second-order valence-electron chi connectivity index (χ2n) is 6.26. The van der Waals surface area contributed by atoms with E-state index in [0.29, 0.717) is 28.1 Å². The smallest absolute Gasteiger partial charge is 0.257 e. The molecule has 2 aromatic carbocycles. The summed E-state index contributed by atoms with van der Waals surface area (Å²) in [6.45, 7) is 0.585. The molecule has 3 rings (SSSR count). The van der Waals surface area contributed by atoms with Crippen molar-refractivity contribution in [3.63, 3.8) is 0 Å². The summed E-state index contributed by atoms with van der Waals surface area (Å²) in [5, 5.41) is 16.0. The third-order valence-electron chi connectivity index (χ3n) is 3.98. The van der Waals surface area contributed by atoms with Crippen molar-refractivity contribution in [1.29, 1.82) is 0 Å². The van der Waals surface area contributed by atoms with Crippen LogP contribution in [0.3, 0.4) is 0 Å². The van der Waals surface area contributed by atoms with Crippen LogP contribution < -0.4 is 20.2 Å². The molecule has 0 saturated heterocycles. The number of halogens is 1. The molecule has 11 heteroatoms. The number of benzene rings is 2. The molecule has 1 heterocycles. The molecule has 0 spiro atoms. The Balaban J connectivity index is 1.46. The molecule has 0 saturated carbocycles. The van der Waals surface area contributed by atoms with Crippen LogP contribution in [0.25, 0.3) is 0 Å². The molecule has 2 N–H and O–H groups in total. The largest absolute Gasteiger partial charge is 0.497 e. The quantitative estimate of drug-likeness (QED) is 0.242. The Kier molecular flexibility index (Phi) is 8.70. The minimum atomic E-state index is -0.345. The Hall–Kier alpha value is -3.31. The van der Waals surface area contributed by atoms with Gasteiger partial charge in [0.25, 0.3) is 5.91 Å². The van der Waals surface area contributed by atoms with Gasteiger partial charge in [0.1, 0.15) is 16.5 Å². The summed E-state index contributed by atoms with van der Waals surface area (Å²) in [4.78, 5) is 24.4. The number of carbonyl (C=O) groups excluding carboxylic acids is 2. The van der Waals surface area contributed by atoms with Gasteiger partial charge in [-0.05, 0) is 54.1 Å². The van der Waals surface area contributed by atoms with Crippen LogP contribution in [0.4, 0.5) is 5.13 Å². The van der Waals surface area contributed by atoms with Gasteiger partial charge in [0.2, 0.25) is 11.0 Å². The van der Waals surface area contributed by atoms with Crippen molar-refractivity contribution in [3.8, 4) is 11.5 Å². The number of carbonyl (C=O) groups is 2. The SMILES string of the molecule is COc1ccc(C(=O)Nc2nnc(CC(=O)N/N=C/c3ccc(OCCBr)cc3)s2)cc1. The Morgan fingerprint density at radius 1 is 1.09 bits per heavy atom. The Morgan fingerprint density at radius 3 is 2.50 bits per heavy atom. The summed E-state index contributed by atoms with van der Waals surface area (Å²) in [6.07, 6.45) is 1.53. The van der Waals surface area contributed by atoms with Gasteiger partial charge in [-0.25, -0.2) is 5.43 Å². The highest BCUT2D eigenvalue weighted by atomic mass is 79.9. The number of rotatable bonds is 10. The molecule has 166 valence electrons. The predicted molar refractivity (Wildman–Crippen MR) is 126 cm³/mol. The monoisotopic (exact) mass is 517 g/mol. The number of hydrazone groups is 1. The zero-order valence-electron chi connectivity index (χ0n) is 17.1. The van der Waals surface area contributed by atoms with Crippen LogP contribution in [-0.4, -0.2) is 47.3 Å². The molecular weight excluding hydrogens is 498 g/mol. The molecule has 0 bridgehead atoms. The summed E-state index contributed by atoms with van der Waals surface area (Å²) in [7, 11) is 1.55. The average molecular weight is 518 g/mol. The number of hydrogen-bond acceptors (Lipinski definition) is 8. The van der Waals surface area contributed by atoms with Crippen LogP contribution >= 0.6 is 27.3 Å². The Labute approximate surface area is 197 Å². The minimum absolute atomic E-state index is 0.00721. The fraction of sp³-hybridized carbons (Fsp3) is 0.190. The fourth-order valence-corrected chi connectivity index (χ4v) is 3.34. The van der Waals surface area contributed by atoms with E-state index < -0.39 is 0 Å². The van der Waals surface area contributed by atoms with Gasteiger partial charge in [0.15, 0.2) is 0 Å². The highest BCUT2D eigenvalue weighted by Crippen LogP contribution is 2.18. The maximum absolute atomic E-state index is 12.3. The molecule has 0 atom stereocenters. The number of aromatic nitrogens is 2. The van der Waals surface area contributed by atoms with Gasteiger partial charge in [-0.1, -0.05) is 27.3 Å². The summed E-state index contributed by atoms with van der Waals surface area (Å²) in [5.74, 6) is 0.747. The molecule has 0 aliphatic heterocycles. The molecule has 0 aliphatic carbocycles. The third kappa shape index (κ3) is 7.13. The summed E-state index contributed by atoms with van der Waals surface area (Å²) in [5.41, 5.74) is 3.72. The van der Waals surface area contributed by atoms with E-state index in [0.717, 1.165) is 28.0 Å². The van der Waals surface area contributed by atoms with Gasteiger partial charge in [-0.15, -0.1) is 10.2 Å². The van der Waals surface area contributed by atoms with E-state index in [9.17, 15) is 9.59 Å². The highest BCUT2D eigenvalue weighted by molar-refractivity contribution is 9.09. The topological polar surface area (TPSA) is 115 Å². The van der Waals surface area contributed by atoms with Crippen molar-refractivity contribution in [2.45, 2.75) is 6.42 Å². The van der Waals surface area contributed by atoms with Gasteiger partial charge in [0, 0.05) is 10.9 Å². The van der Waals surface area contributed by atoms with E-state index >= 15 is 0 Å². The van der Waals surface area contributed by atoms with Crippen LogP contribution in [0.15, 0.2) is 53.6 Å². The van der Waals surface area contributed by atoms with E-state index in [-0.39, 0.29) is 18.2 Å². The van der Waals surface area contributed by atoms with Crippen molar-refractivity contribution >= 4 is 50.4 Å². The lowest BCUT2D eigenvalue weighted by Gasteiger charge is -2.03. The van der Waals surface area contributed by atoms with Crippen LogP contribution in [-0.2, 0) is 11.2 Å². The summed E-state index contributed by atoms with van der Waals surface area (Å²) in [6, 6.07) is 14.0. The fourth-order valence-electron chi connectivity index (χ4n) is 2.45. The first-order chi connectivity index (χ1) is 15.6. The van der Waals surface area contributed by atoms with Gasteiger partial charge in [-0.3, -0.25) is 14.9 Å². The molecule has 0 radical (unpaired) electrons. The molecule has 1 aromatic heterocycles. The third-order valence-corrected chi connectivity index (χ3v) is 5.14. The van der Waals surface area contributed by atoms with Crippen molar-refractivity contribution < 1.29 is 19.1 Å². The maximum Gasteiger partial charge on any atom is 0.257 e. The van der Waals surface area contributed by atoms with Gasteiger partial charge in [-0.2, -0.15) is 5.10 Å². The normalized spacial score (nSPS) is 10.7. The van der Waals surface area contributed by atoms with E-state index in [1.807, 2.05) is 24.3 Å². The number of ether oxygens (including phenoxy) is 2. The molecular formula is C21H20BrN5O4S. The number of anilines is 1. The number of alkyl halides is 1. The first-order valence-electron chi connectivity index (χ1n) is 9.46. The van der Waals surface area contributed by atoms with Gasteiger partial charge >= 0.3 is 0 Å². The summed E-state index contributed by atoms with van der Waals surface area (Å²) < 4.78 is 10.5. The number of nitrogens with one attached hydrogen (secondary N) is 2. The zero-order chi connectivity index (χ0) is 22.8. The van der Waals surface area contributed by atoms with Crippen molar-refractivity contribution in [3.05, 3.63) is 64.7 Å². The standard InChI is InChI=1S/C21H20BrN5O4S/c1-30-16-8-4-15(5-9-16)20(29)24-21-27-26-19(32-21)12-18(28)25-23-13-14-2-6-17(7-3-14)31-11-10-22/h2-9,13H,10-12H2,1H3,(H,25,28)(H,24,27,29)/b23-13+. The van der Waals surface area contributed by atoms with Crippen LogP contribution in [0.1, 0.15) is 20.9 Å². The number of nitrogens with zero attached hydrogens (tertiary/aromatic N) is 3. The first-order valence-corrected chi connectivity index (χ1v) is 11.4. The van der Waals surface area contributed by atoms with E-state index in [2.05, 4.69) is 42.0 Å². The molecule has 0 unspecified atom stereocenters. The number of hydrogen-bond donors (Lipinski definition) is 2. The van der Waals surface area contributed by atoms with Crippen molar-refractivity contribution in [2.75, 3.05) is 24.4 Å². The molecule has 32 heavy (non-hydrogen) atoms. The van der Waals surface area contributed by atoms with E-state index in [1.54, 1.807) is 31.4 Å². The molecule has 3 aromatic rings. The lowest BCUT2D eigenvalue weighted by atomic mass is 10.2. The van der Waals surface area contributed by atoms with Crippen LogP contribution in [0.5, 0.6) is 11.5 Å². The van der Waals surface area contributed by atoms with Gasteiger partial charge in [0.05, 0.1) is 26.4 Å². The maximum atomic E-state index is 12.3. The number of methoxy groups -OCH3 is 1. The highest BCUT2D eigenvalue weighted by Gasteiger charge is 2.12. The second-order valence-corrected chi connectivity index (χ2v) is 8.12. The van der Waals surface area contributed by atoms with Crippen LogP contribution in [0, 0.1) is 0 Å². The predicted octanol–water partition coefficient (Wildman–Crippen LogP) is 3.27. The lowest BCUT2D eigenvalue weighted by molar-refractivity contribution is -0.120. The second kappa shape index (κ2) is 11.9. The summed E-state index contributed by atoms with van der Waals surface area (Å²) >= 11 is 4.42. The first kappa shape index (κ1) is 23.4. The Morgan fingerprint density at radius 2 is 1.81 bits per heavy atom. The molecule has 2 amide bonds. The van der Waals surface area contributed by atoms with E-state index in [4.69, 9.17) is 9.47 Å². The average Bonchev–Trinajstić information content (AvgIpc) is 3.25. The van der Waals surface area contributed by atoms with Gasteiger partial charge < -0.3 is 9.47 Å². The van der Waals surface area contributed by atoms with Crippen molar-refractivity contribution in [2.24, 2.45) is 5.10 Å². The lowest BCUT2D eigenvalue weighted by Crippen LogP contribution is -2.19. The zero-order valence-corrected chi connectivity index (χ0v) is 19.5. The Bertz CT molecular complexity index is 1070. The van der Waals surface area contributed by atoms with Crippen molar-refractivity contribution in [1.82, 2.24) is 15.6 Å². The van der Waals surface area contributed by atoms with Crippen LogP contribution in [0.2, 0.25) is 0 Å². The number of amides is 2. The molecule has 0 fully saturated rings. The van der Waals surface area contributed by atoms with E-state index in [1.165, 1.54) is 6.21 Å². The molecule has 9 nitrogen and oxygen atoms in total.